The summed E-state index contributed by atoms with van der Waals surface area (Å²) in [6.07, 6.45) is -12.0. The number of alkyl halides is 6. The standard InChI is InChI=1S/C15H14F6N2O/c1-8-2-5-12(13(24)15(19,20)21)23(8)10-4-3-9(7-22)11(6-10)14(16,17)18/h3-4,6,8,12-13,24H,2,5H2,1H3/t8?,12?,13-/m0/s1. The molecule has 0 radical (unpaired) electrons. The highest BCUT2D eigenvalue weighted by Gasteiger charge is 2.49. The summed E-state index contributed by atoms with van der Waals surface area (Å²) in [6, 6.07) is 2.35. The van der Waals surface area contributed by atoms with E-state index in [0.717, 1.165) is 11.0 Å². The molecule has 1 saturated heterocycles. The quantitative estimate of drug-likeness (QED) is 0.823. The Kier molecular flexibility index (Phi) is 4.72. The zero-order valence-electron chi connectivity index (χ0n) is 12.5. The predicted molar refractivity (Wildman–Crippen MR) is 73.2 cm³/mol. The summed E-state index contributed by atoms with van der Waals surface area (Å²) < 4.78 is 77.6. The van der Waals surface area contributed by atoms with E-state index in [-0.39, 0.29) is 12.1 Å². The first kappa shape index (κ1) is 18.4. The largest absolute Gasteiger partial charge is 0.417 e. The monoisotopic (exact) mass is 352 g/mol. The molecule has 2 unspecified atom stereocenters. The molecule has 2 rings (SSSR count). The summed E-state index contributed by atoms with van der Waals surface area (Å²) in [6.45, 7) is 1.58. The molecule has 1 aliphatic rings. The Hall–Kier alpha value is -1.95. The Labute approximate surface area is 134 Å². The second kappa shape index (κ2) is 6.16. The molecule has 24 heavy (non-hydrogen) atoms. The van der Waals surface area contributed by atoms with Gasteiger partial charge in [0.25, 0.3) is 0 Å². The maximum atomic E-state index is 13.0. The van der Waals surface area contributed by atoms with Crippen LogP contribution in [0.5, 0.6) is 0 Å². The number of nitriles is 1. The van der Waals surface area contributed by atoms with Crippen LogP contribution in [0.25, 0.3) is 0 Å². The van der Waals surface area contributed by atoms with Crippen molar-refractivity contribution < 1.29 is 31.4 Å². The van der Waals surface area contributed by atoms with E-state index in [1.807, 2.05) is 0 Å². The van der Waals surface area contributed by atoms with Crippen molar-refractivity contribution in [3.05, 3.63) is 29.3 Å². The number of anilines is 1. The van der Waals surface area contributed by atoms with Gasteiger partial charge < -0.3 is 10.0 Å². The first-order valence-electron chi connectivity index (χ1n) is 7.11. The zero-order chi connectivity index (χ0) is 18.3. The van der Waals surface area contributed by atoms with Crippen LogP contribution in [0.15, 0.2) is 18.2 Å². The van der Waals surface area contributed by atoms with Gasteiger partial charge in [-0.05, 0) is 38.0 Å². The van der Waals surface area contributed by atoms with Crippen molar-refractivity contribution in [2.24, 2.45) is 0 Å². The van der Waals surface area contributed by atoms with E-state index in [1.165, 1.54) is 12.1 Å². The van der Waals surface area contributed by atoms with Gasteiger partial charge in [-0.25, -0.2) is 0 Å². The fraction of sp³-hybridized carbons (Fsp3) is 0.533. The molecule has 3 atom stereocenters. The lowest BCUT2D eigenvalue weighted by Gasteiger charge is -2.34. The molecule has 1 N–H and O–H groups in total. The minimum absolute atomic E-state index is 0.00317. The number of hydrogen-bond acceptors (Lipinski definition) is 3. The summed E-state index contributed by atoms with van der Waals surface area (Å²) >= 11 is 0. The molecule has 3 nitrogen and oxygen atoms in total. The molecule has 1 aliphatic heterocycles. The van der Waals surface area contributed by atoms with Crippen LogP contribution in [0.3, 0.4) is 0 Å². The van der Waals surface area contributed by atoms with Crippen molar-refractivity contribution in [2.75, 3.05) is 4.90 Å². The minimum Gasteiger partial charge on any atom is -0.382 e. The third-order valence-corrected chi connectivity index (χ3v) is 4.14. The molecule has 9 heteroatoms. The number of rotatable bonds is 2. The highest BCUT2D eigenvalue weighted by molar-refractivity contribution is 5.57. The summed E-state index contributed by atoms with van der Waals surface area (Å²) in [4.78, 5) is 1.15. The van der Waals surface area contributed by atoms with Gasteiger partial charge in [-0.15, -0.1) is 0 Å². The average molecular weight is 352 g/mol. The van der Waals surface area contributed by atoms with Gasteiger partial charge in [0.05, 0.1) is 23.2 Å². The highest BCUT2D eigenvalue weighted by Crippen LogP contribution is 2.40. The van der Waals surface area contributed by atoms with Crippen LogP contribution in [-0.2, 0) is 6.18 Å². The second-order valence-electron chi connectivity index (χ2n) is 5.73. The summed E-state index contributed by atoms with van der Waals surface area (Å²) in [5.74, 6) is 0. The fourth-order valence-electron chi connectivity index (χ4n) is 3.02. The van der Waals surface area contributed by atoms with Gasteiger partial charge in [-0.1, -0.05) is 0 Å². The van der Waals surface area contributed by atoms with Gasteiger partial charge in [0.15, 0.2) is 6.10 Å². The zero-order valence-corrected chi connectivity index (χ0v) is 12.5. The van der Waals surface area contributed by atoms with Gasteiger partial charge in [-0.3, -0.25) is 0 Å². The molecule has 1 heterocycles. The Morgan fingerprint density at radius 1 is 1.21 bits per heavy atom. The summed E-state index contributed by atoms with van der Waals surface area (Å²) in [5, 5.41) is 18.3. The average Bonchev–Trinajstić information content (AvgIpc) is 2.85. The molecule has 0 saturated carbocycles. The van der Waals surface area contributed by atoms with Gasteiger partial charge in [0, 0.05) is 11.7 Å². The lowest BCUT2D eigenvalue weighted by Crippen LogP contribution is -2.48. The maximum absolute atomic E-state index is 13.0. The first-order valence-corrected chi connectivity index (χ1v) is 7.11. The van der Waals surface area contributed by atoms with E-state index in [2.05, 4.69) is 0 Å². The third-order valence-electron chi connectivity index (χ3n) is 4.14. The van der Waals surface area contributed by atoms with Crippen LogP contribution in [0.1, 0.15) is 30.9 Å². The lowest BCUT2D eigenvalue weighted by molar-refractivity contribution is -0.209. The fourth-order valence-corrected chi connectivity index (χ4v) is 3.02. The number of benzene rings is 1. The molecule has 132 valence electrons. The normalized spacial score (nSPS) is 23.2. The number of halogens is 6. The Balaban J connectivity index is 2.47. The van der Waals surface area contributed by atoms with E-state index in [0.29, 0.717) is 12.5 Å². The molecule has 0 spiro atoms. The molecular weight excluding hydrogens is 338 g/mol. The van der Waals surface area contributed by atoms with Crippen molar-refractivity contribution in [2.45, 2.75) is 50.3 Å². The van der Waals surface area contributed by atoms with E-state index >= 15 is 0 Å². The van der Waals surface area contributed by atoms with Crippen LogP contribution in [0.4, 0.5) is 32.0 Å². The van der Waals surface area contributed by atoms with E-state index in [1.54, 1.807) is 6.92 Å². The lowest BCUT2D eigenvalue weighted by atomic mass is 10.0. The first-order chi connectivity index (χ1) is 11.0. The SMILES string of the molecule is CC1CCC([C@H](O)C(F)(F)F)N1c1ccc(C#N)c(C(F)(F)F)c1. The number of aliphatic hydroxyl groups excluding tert-OH is 1. The molecule has 0 bridgehead atoms. The van der Waals surface area contributed by atoms with Gasteiger partial charge >= 0.3 is 12.4 Å². The number of nitrogens with zero attached hydrogens (tertiary/aromatic N) is 2. The summed E-state index contributed by atoms with van der Waals surface area (Å²) in [5.41, 5.74) is -1.91. The Morgan fingerprint density at radius 3 is 2.33 bits per heavy atom. The Bertz CT molecular complexity index is 649. The number of hydrogen-bond donors (Lipinski definition) is 1. The topological polar surface area (TPSA) is 47.3 Å². The molecule has 0 aromatic heterocycles. The molecule has 0 aliphatic carbocycles. The second-order valence-corrected chi connectivity index (χ2v) is 5.73. The van der Waals surface area contributed by atoms with Crippen molar-refractivity contribution in [3.8, 4) is 6.07 Å². The predicted octanol–water partition coefficient (Wildman–Crippen LogP) is 3.86. The van der Waals surface area contributed by atoms with Gasteiger partial charge in [0.2, 0.25) is 0 Å². The van der Waals surface area contributed by atoms with Crippen molar-refractivity contribution >= 4 is 5.69 Å². The van der Waals surface area contributed by atoms with Crippen molar-refractivity contribution in [1.82, 2.24) is 0 Å². The summed E-state index contributed by atoms with van der Waals surface area (Å²) in [7, 11) is 0. The van der Waals surface area contributed by atoms with Crippen molar-refractivity contribution in [1.29, 1.82) is 5.26 Å². The molecular formula is C15H14F6N2O. The van der Waals surface area contributed by atoms with Crippen LogP contribution in [0, 0.1) is 11.3 Å². The van der Waals surface area contributed by atoms with Crippen molar-refractivity contribution in [3.63, 3.8) is 0 Å². The highest BCUT2D eigenvalue weighted by atomic mass is 19.4. The van der Waals surface area contributed by atoms with Gasteiger partial charge in [0.1, 0.15) is 0 Å². The van der Waals surface area contributed by atoms with Crippen LogP contribution >= 0.6 is 0 Å². The minimum atomic E-state index is -4.87. The van der Waals surface area contributed by atoms with E-state index < -0.39 is 41.7 Å². The smallest absolute Gasteiger partial charge is 0.382 e. The number of aliphatic hydroxyl groups is 1. The van der Waals surface area contributed by atoms with Crippen LogP contribution in [0.2, 0.25) is 0 Å². The molecule has 1 aromatic rings. The van der Waals surface area contributed by atoms with E-state index in [9.17, 15) is 31.4 Å². The molecule has 1 aromatic carbocycles. The van der Waals surface area contributed by atoms with E-state index in [4.69, 9.17) is 5.26 Å². The maximum Gasteiger partial charge on any atom is 0.417 e. The Morgan fingerprint density at radius 2 is 1.83 bits per heavy atom. The third kappa shape index (κ3) is 3.43. The molecule has 1 fully saturated rings. The molecule has 0 amide bonds. The van der Waals surface area contributed by atoms with Gasteiger partial charge in [-0.2, -0.15) is 31.6 Å². The van der Waals surface area contributed by atoms with Crippen LogP contribution in [-0.4, -0.2) is 29.5 Å². The van der Waals surface area contributed by atoms with Crippen LogP contribution < -0.4 is 4.90 Å².